The van der Waals surface area contributed by atoms with Crippen LogP contribution in [0.5, 0.6) is 5.75 Å². The fraction of sp³-hybridized carbons (Fsp3) is 0.588. The van der Waals surface area contributed by atoms with E-state index in [0.29, 0.717) is 19.0 Å². The largest absolute Gasteiger partial charge is 0.487 e. The summed E-state index contributed by atoms with van der Waals surface area (Å²) < 4.78 is 31.4. The van der Waals surface area contributed by atoms with Crippen LogP contribution in [-0.4, -0.2) is 45.9 Å². The Hall–Kier alpha value is -1.07. The second-order valence-electron chi connectivity index (χ2n) is 6.60. The molecule has 0 amide bonds. The molecule has 0 saturated carbocycles. The average Bonchev–Trinajstić information content (AvgIpc) is 2.56. The fourth-order valence-corrected chi connectivity index (χ4v) is 3.40. The number of guanidine groups is 1. The third kappa shape index (κ3) is 6.58. The SMILES string of the molecule is CCS(=O)(=O)NCCNC(=NC)NC1CC(C)(C)Oc2ccccc21.I. The molecule has 1 aliphatic heterocycles. The molecule has 1 aromatic rings. The Morgan fingerprint density at radius 3 is 2.65 bits per heavy atom. The van der Waals surface area contributed by atoms with Crippen LogP contribution in [0.25, 0.3) is 0 Å². The normalized spacial score (nSPS) is 18.9. The molecular formula is C17H29IN4O3S. The first kappa shape index (κ1) is 23.0. The van der Waals surface area contributed by atoms with Crippen molar-refractivity contribution in [1.29, 1.82) is 0 Å². The molecule has 26 heavy (non-hydrogen) atoms. The maximum absolute atomic E-state index is 11.4. The van der Waals surface area contributed by atoms with Crippen LogP contribution in [0.15, 0.2) is 29.3 Å². The van der Waals surface area contributed by atoms with E-state index in [1.54, 1.807) is 14.0 Å². The minimum atomic E-state index is -3.17. The highest BCUT2D eigenvalue weighted by atomic mass is 127. The third-order valence-electron chi connectivity index (χ3n) is 4.03. The molecule has 0 bridgehead atoms. The van der Waals surface area contributed by atoms with Gasteiger partial charge in [-0.25, -0.2) is 13.1 Å². The third-order valence-corrected chi connectivity index (χ3v) is 5.43. The molecule has 0 saturated heterocycles. The smallest absolute Gasteiger partial charge is 0.211 e. The second kappa shape index (κ2) is 9.75. The lowest BCUT2D eigenvalue weighted by Gasteiger charge is -2.38. The minimum Gasteiger partial charge on any atom is -0.487 e. The second-order valence-corrected chi connectivity index (χ2v) is 8.69. The highest BCUT2D eigenvalue weighted by Crippen LogP contribution is 2.39. The number of hydrogen-bond acceptors (Lipinski definition) is 4. The van der Waals surface area contributed by atoms with Crippen LogP contribution in [0.2, 0.25) is 0 Å². The average molecular weight is 496 g/mol. The zero-order valence-corrected chi connectivity index (χ0v) is 18.9. The Kier molecular flexibility index (Phi) is 8.61. The highest BCUT2D eigenvalue weighted by molar-refractivity contribution is 14.0. The summed E-state index contributed by atoms with van der Waals surface area (Å²) in [7, 11) is -1.48. The topological polar surface area (TPSA) is 91.8 Å². The molecule has 3 N–H and O–H groups in total. The Bertz CT molecular complexity index is 722. The number of nitrogens with zero attached hydrogens (tertiary/aromatic N) is 1. The molecule has 0 fully saturated rings. The first-order chi connectivity index (χ1) is 11.8. The van der Waals surface area contributed by atoms with Gasteiger partial charge in [-0.3, -0.25) is 4.99 Å². The maximum atomic E-state index is 11.4. The first-order valence-corrected chi connectivity index (χ1v) is 10.1. The van der Waals surface area contributed by atoms with Crippen molar-refractivity contribution in [3.8, 4) is 5.75 Å². The van der Waals surface area contributed by atoms with Gasteiger partial charge in [-0.05, 0) is 26.8 Å². The van der Waals surface area contributed by atoms with Gasteiger partial charge in [0.25, 0.3) is 0 Å². The van der Waals surface area contributed by atoms with Crippen molar-refractivity contribution < 1.29 is 13.2 Å². The lowest BCUT2D eigenvalue weighted by Crippen LogP contribution is -2.46. The van der Waals surface area contributed by atoms with Crippen molar-refractivity contribution in [1.82, 2.24) is 15.4 Å². The van der Waals surface area contributed by atoms with Crippen molar-refractivity contribution >= 4 is 40.0 Å². The minimum absolute atomic E-state index is 0. The molecular weight excluding hydrogens is 467 g/mol. The quantitative estimate of drug-likeness (QED) is 0.243. The molecule has 7 nitrogen and oxygen atoms in total. The summed E-state index contributed by atoms with van der Waals surface area (Å²) in [5.41, 5.74) is 0.818. The number of halogens is 1. The Morgan fingerprint density at radius 1 is 1.31 bits per heavy atom. The number of sulfonamides is 1. The van der Waals surface area contributed by atoms with Crippen LogP contribution in [0.3, 0.4) is 0 Å². The molecule has 1 unspecified atom stereocenters. The van der Waals surface area contributed by atoms with Gasteiger partial charge in [0, 0.05) is 32.1 Å². The first-order valence-electron chi connectivity index (χ1n) is 8.49. The molecule has 2 rings (SSSR count). The van der Waals surface area contributed by atoms with E-state index in [1.165, 1.54) is 0 Å². The van der Waals surface area contributed by atoms with Crippen molar-refractivity contribution in [3.05, 3.63) is 29.8 Å². The summed E-state index contributed by atoms with van der Waals surface area (Å²) in [6, 6.07) is 8.04. The fourth-order valence-electron chi connectivity index (χ4n) is 2.78. The van der Waals surface area contributed by atoms with E-state index < -0.39 is 10.0 Å². The van der Waals surface area contributed by atoms with E-state index in [2.05, 4.69) is 34.2 Å². The van der Waals surface area contributed by atoms with Crippen LogP contribution in [0, 0.1) is 0 Å². The monoisotopic (exact) mass is 496 g/mol. The lowest BCUT2D eigenvalue weighted by atomic mass is 9.90. The maximum Gasteiger partial charge on any atom is 0.211 e. The predicted molar refractivity (Wildman–Crippen MR) is 116 cm³/mol. The standard InChI is InChI=1S/C17H28N4O3S.HI/c1-5-25(22,23)20-11-10-19-16(18-4)21-14-12-17(2,3)24-15-9-7-6-8-13(14)15;/h6-9,14,20H,5,10-12H2,1-4H3,(H2,18,19,21);1H. The van der Waals surface area contributed by atoms with Crippen LogP contribution in [0.1, 0.15) is 38.8 Å². The zero-order valence-electron chi connectivity index (χ0n) is 15.7. The van der Waals surface area contributed by atoms with Crippen LogP contribution in [-0.2, 0) is 10.0 Å². The van der Waals surface area contributed by atoms with Gasteiger partial charge in [-0.15, -0.1) is 24.0 Å². The van der Waals surface area contributed by atoms with Gasteiger partial charge in [0.15, 0.2) is 5.96 Å². The summed E-state index contributed by atoms with van der Waals surface area (Å²) in [6.07, 6.45) is 0.799. The predicted octanol–water partition coefficient (Wildman–Crippen LogP) is 2.01. The lowest BCUT2D eigenvalue weighted by molar-refractivity contribution is 0.0694. The molecule has 0 radical (unpaired) electrons. The molecule has 9 heteroatoms. The number of fused-ring (bicyclic) bond motifs is 1. The van der Waals surface area contributed by atoms with Gasteiger partial charge in [0.1, 0.15) is 11.4 Å². The van der Waals surface area contributed by atoms with E-state index in [1.807, 2.05) is 24.3 Å². The van der Waals surface area contributed by atoms with Gasteiger partial charge >= 0.3 is 0 Å². The van der Waals surface area contributed by atoms with Gasteiger partial charge in [0.05, 0.1) is 11.8 Å². The Labute approximate surface area is 173 Å². The van der Waals surface area contributed by atoms with Gasteiger partial charge < -0.3 is 15.4 Å². The van der Waals surface area contributed by atoms with Gasteiger partial charge in [-0.2, -0.15) is 0 Å². The van der Waals surface area contributed by atoms with Crippen LogP contribution < -0.4 is 20.1 Å². The van der Waals surface area contributed by atoms with Crippen LogP contribution in [0.4, 0.5) is 0 Å². The number of ether oxygens (including phenoxy) is 1. The molecule has 0 aliphatic carbocycles. The van der Waals surface area contributed by atoms with Crippen LogP contribution >= 0.6 is 24.0 Å². The molecule has 1 atom stereocenters. The molecule has 1 heterocycles. The summed E-state index contributed by atoms with van der Waals surface area (Å²) in [6.45, 7) is 6.50. The number of rotatable bonds is 6. The number of hydrogen-bond donors (Lipinski definition) is 3. The van der Waals surface area contributed by atoms with Crippen molar-refractivity contribution in [2.75, 3.05) is 25.9 Å². The Balaban J connectivity index is 0.00000338. The molecule has 0 spiro atoms. The van der Waals surface area contributed by atoms with E-state index in [-0.39, 0.29) is 41.4 Å². The van der Waals surface area contributed by atoms with Crippen molar-refractivity contribution in [3.63, 3.8) is 0 Å². The van der Waals surface area contributed by atoms with E-state index in [4.69, 9.17) is 4.74 Å². The molecule has 0 aromatic heterocycles. The van der Waals surface area contributed by atoms with E-state index in [9.17, 15) is 8.42 Å². The summed E-state index contributed by atoms with van der Waals surface area (Å²) >= 11 is 0. The molecule has 1 aromatic carbocycles. The number of para-hydroxylation sites is 1. The van der Waals surface area contributed by atoms with Gasteiger partial charge in [0.2, 0.25) is 10.0 Å². The summed E-state index contributed by atoms with van der Waals surface area (Å²) in [5.74, 6) is 1.59. The van der Waals surface area contributed by atoms with Gasteiger partial charge in [-0.1, -0.05) is 18.2 Å². The molecule has 148 valence electrons. The molecule has 1 aliphatic rings. The van der Waals surface area contributed by atoms with Crippen molar-refractivity contribution in [2.24, 2.45) is 4.99 Å². The summed E-state index contributed by atoms with van der Waals surface area (Å²) in [5, 5.41) is 6.55. The van der Waals surface area contributed by atoms with E-state index in [0.717, 1.165) is 17.7 Å². The highest BCUT2D eigenvalue weighted by Gasteiger charge is 2.33. The zero-order chi connectivity index (χ0) is 18.5. The number of benzene rings is 1. The van der Waals surface area contributed by atoms with Crippen molar-refractivity contribution in [2.45, 2.75) is 38.8 Å². The number of nitrogens with one attached hydrogen (secondary N) is 3. The number of aliphatic imine (C=N–C) groups is 1. The Morgan fingerprint density at radius 2 is 2.00 bits per heavy atom. The summed E-state index contributed by atoms with van der Waals surface area (Å²) in [4.78, 5) is 4.23. The van der Waals surface area contributed by atoms with E-state index >= 15 is 0 Å².